The van der Waals surface area contributed by atoms with Crippen molar-refractivity contribution < 1.29 is 48.8 Å². The van der Waals surface area contributed by atoms with E-state index in [9.17, 15) is 44.1 Å². The molecule has 1 saturated heterocycles. The second-order valence-electron chi connectivity index (χ2n) is 12.3. The van der Waals surface area contributed by atoms with Crippen LogP contribution in [0.1, 0.15) is 38.5 Å². The van der Waals surface area contributed by atoms with Gasteiger partial charge in [-0.25, -0.2) is 4.79 Å². The van der Waals surface area contributed by atoms with Crippen molar-refractivity contribution in [3.8, 4) is 0 Å². The van der Waals surface area contributed by atoms with E-state index in [0.29, 0.717) is 17.8 Å². The average Bonchev–Trinajstić information content (AvgIpc) is 2.87. The monoisotopic (exact) mass is 595 g/mol. The van der Waals surface area contributed by atoms with E-state index in [4.69, 9.17) is 4.74 Å². The molecule has 42 heavy (non-hydrogen) atoms. The lowest BCUT2D eigenvalue weighted by Crippen LogP contribution is -2.53. The minimum absolute atomic E-state index is 0.0735. The molecule has 4 aliphatic carbocycles. The molecule has 0 spiro atoms. The first-order valence-electron chi connectivity index (χ1n) is 14.5. The lowest BCUT2D eigenvalue weighted by Gasteiger charge is -2.55. The maximum absolute atomic E-state index is 13.6. The van der Waals surface area contributed by atoms with Crippen molar-refractivity contribution in [1.82, 2.24) is 25.3 Å². The minimum atomic E-state index is -1.31. The Labute approximate surface area is 243 Å². The molecule has 0 aromatic heterocycles. The van der Waals surface area contributed by atoms with Crippen LogP contribution in [0.2, 0.25) is 0 Å². The number of esters is 1. The third kappa shape index (κ3) is 8.53. The molecule has 0 aromatic carbocycles. The fourth-order valence-corrected chi connectivity index (χ4v) is 7.40. The zero-order chi connectivity index (χ0) is 30.4. The Balaban J connectivity index is 1.47. The van der Waals surface area contributed by atoms with Crippen molar-refractivity contribution in [2.24, 2.45) is 23.2 Å². The molecule has 4 saturated carbocycles. The minimum Gasteiger partial charge on any atom is -0.480 e. The van der Waals surface area contributed by atoms with Gasteiger partial charge in [-0.05, 0) is 56.3 Å². The topological polar surface area (TPSA) is 206 Å². The molecule has 0 atom stereocenters. The number of nitrogens with zero attached hydrogens (tertiary/aromatic N) is 3. The lowest BCUT2D eigenvalue weighted by atomic mass is 9.49. The van der Waals surface area contributed by atoms with Gasteiger partial charge in [0.2, 0.25) is 11.8 Å². The van der Waals surface area contributed by atoms with Gasteiger partial charge in [0.05, 0.1) is 44.7 Å². The van der Waals surface area contributed by atoms with E-state index in [1.54, 1.807) is 0 Å². The third-order valence-electron chi connectivity index (χ3n) is 8.89. The zero-order valence-corrected chi connectivity index (χ0v) is 23.7. The van der Waals surface area contributed by atoms with Crippen molar-refractivity contribution in [1.29, 1.82) is 0 Å². The molecule has 5 N–H and O–H groups in total. The number of hydrogen-bond donors (Lipinski definition) is 5. The van der Waals surface area contributed by atoms with E-state index >= 15 is 0 Å². The molecule has 1 aliphatic heterocycles. The SMILES string of the molecule is O=C(O)CN1CCN(C(=O)O)CCN(CC(=O)O)CC(=O)NCC(OC(=O)C23CC4CC(CC(C4)C2)C3)CNC(=O)C1. The number of aliphatic carboxylic acids is 2. The summed E-state index contributed by atoms with van der Waals surface area (Å²) >= 11 is 0. The predicted octanol–water partition coefficient (Wildman–Crippen LogP) is -0.886. The Hall–Kier alpha value is -3.46. The summed E-state index contributed by atoms with van der Waals surface area (Å²) in [5.41, 5.74) is -0.551. The largest absolute Gasteiger partial charge is 0.480 e. The Morgan fingerprint density at radius 1 is 0.738 bits per heavy atom. The molecule has 15 heteroatoms. The van der Waals surface area contributed by atoms with Crippen LogP contribution in [0.5, 0.6) is 0 Å². The molecule has 5 rings (SSSR count). The van der Waals surface area contributed by atoms with Crippen LogP contribution in [0.15, 0.2) is 0 Å². The normalized spacial score (nSPS) is 30.4. The van der Waals surface area contributed by atoms with E-state index < -0.39 is 54.5 Å². The quantitative estimate of drug-likeness (QED) is 0.237. The standard InChI is InChI=1S/C27H41N5O10/c33-21-13-30(15-23(35)36)1-3-32(26(40)41)4-2-31(16-24(37)38)14-22(34)29-12-20(11-28-21)42-25(39)27-8-17-5-18(9-27)7-19(6-17)10-27/h17-20H,1-16H2,(H,28,33)(H,29,34)(H,35,36)(H,37,38)(H,40,41). The molecule has 4 bridgehead atoms. The van der Waals surface area contributed by atoms with E-state index in [1.807, 2.05) is 0 Å². The molecule has 1 heterocycles. The zero-order valence-electron chi connectivity index (χ0n) is 23.7. The summed E-state index contributed by atoms with van der Waals surface area (Å²) in [4.78, 5) is 77.2. The van der Waals surface area contributed by atoms with E-state index in [1.165, 1.54) is 9.80 Å². The third-order valence-corrected chi connectivity index (χ3v) is 8.89. The van der Waals surface area contributed by atoms with Crippen molar-refractivity contribution in [3.63, 3.8) is 0 Å². The van der Waals surface area contributed by atoms with Crippen molar-refractivity contribution in [2.75, 3.05) is 65.4 Å². The van der Waals surface area contributed by atoms with Gasteiger partial charge in [-0.3, -0.25) is 33.8 Å². The molecule has 3 amide bonds. The molecular formula is C27H41N5O10. The molecule has 5 fully saturated rings. The molecule has 0 radical (unpaired) electrons. The summed E-state index contributed by atoms with van der Waals surface area (Å²) in [6, 6.07) is 0. The molecule has 0 aromatic rings. The van der Waals surface area contributed by atoms with Gasteiger partial charge in [0.1, 0.15) is 6.10 Å². The first-order chi connectivity index (χ1) is 19.9. The van der Waals surface area contributed by atoms with Crippen LogP contribution in [0.3, 0.4) is 0 Å². The number of carboxylic acid groups (broad SMARTS) is 3. The highest BCUT2D eigenvalue weighted by Crippen LogP contribution is 2.60. The Morgan fingerprint density at radius 2 is 1.17 bits per heavy atom. The van der Waals surface area contributed by atoms with Gasteiger partial charge >= 0.3 is 24.0 Å². The highest BCUT2D eigenvalue weighted by atomic mass is 16.5. The smallest absolute Gasteiger partial charge is 0.407 e. The second kappa shape index (κ2) is 13.7. The Bertz CT molecular complexity index is 987. The van der Waals surface area contributed by atoms with Gasteiger partial charge in [-0.1, -0.05) is 0 Å². The van der Waals surface area contributed by atoms with Gasteiger partial charge in [-0.15, -0.1) is 0 Å². The van der Waals surface area contributed by atoms with E-state index in [2.05, 4.69) is 10.6 Å². The maximum atomic E-state index is 13.6. The number of amides is 3. The number of carbonyl (C=O) groups excluding carboxylic acids is 3. The summed E-state index contributed by atoms with van der Waals surface area (Å²) in [6.45, 7) is -2.39. The van der Waals surface area contributed by atoms with Crippen LogP contribution < -0.4 is 10.6 Å². The maximum Gasteiger partial charge on any atom is 0.407 e. The van der Waals surface area contributed by atoms with Gasteiger partial charge in [0, 0.05) is 26.2 Å². The van der Waals surface area contributed by atoms with Crippen LogP contribution in [0.25, 0.3) is 0 Å². The van der Waals surface area contributed by atoms with Crippen molar-refractivity contribution in [2.45, 2.75) is 44.6 Å². The van der Waals surface area contributed by atoms with Gasteiger partial charge in [0.25, 0.3) is 0 Å². The highest BCUT2D eigenvalue weighted by molar-refractivity contribution is 5.81. The molecule has 15 nitrogen and oxygen atoms in total. The Kier molecular flexibility index (Phi) is 10.2. The Morgan fingerprint density at radius 3 is 1.55 bits per heavy atom. The lowest BCUT2D eigenvalue weighted by molar-refractivity contribution is -0.177. The van der Waals surface area contributed by atoms with Crippen LogP contribution in [0, 0.1) is 23.2 Å². The second-order valence-corrected chi connectivity index (χ2v) is 12.3. The average molecular weight is 596 g/mol. The molecule has 234 valence electrons. The number of carboxylic acids is 2. The number of rotatable bonds is 6. The molecular weight excluding hydrogens is 554 g/mol. The van der Waals surface area contributed by atoms with E-state index in [-0.39, 0.29) is 58.3 Å². The van der Waals surface area contributed by atoms with Gasteiger partial charge in [-0.2, -0.15) is 0 Å². The number of ether oxygens (including phenoxy) is 1. The van der Waals surface area contributed by atoms with Crippen molar-refractivity contribution >= 4 is 35.8 Å². The van der Waals surface area contributed by atoms with Crippen molar-refractivity contribution in [3.05, 3.63) is 0 Å². The highest BCUT2D eigenvalue weighted by Gasteiger charge is 2.55. The van der Waals surface area contributed by atoms with Crippen LogP contribution >= 0.6 is 0 Å². The first-order valence-corrected chi connectivity index (χ1v) is 14.5. The summed E-state index contributed by atoms with van der Waals surface area (Å²) < 4.78 is 5.94. The van der Waals surface area contributed by atoms with Gasteiger partial charge in [0.15, 0.2) is 0 Å². The summed E-state index contributed by atoms with van der Waals surface area (Å²) in [7, 11) is 0. The summed E-state index contributed by atoms with van der Waals surface area (Å²) in [5, 5.41) is 33.5. The van der Waals surface area contributed by atoms with Gasteiger partial charge < -0.3 is 35.6 Å². The van der Waals surface area contributed by atoms with Crippen LogP contribution in [-0.4, -0.2) is 137 Å². The number of hydrogen-bond acceptors (Lipinski definition) is 9. The first kappa shape index (κ1) is 31.5. The number of nitrogens with one attached hydrogen (secondary N) is 2. The number of carbonyl (C=O) groups is 6. The van der Waals surface area contributed by atoms with E-state index in [0.717, 1.165) is 43.4 Å². The summed E-state index contributed by atoms with van der Waals surface area (Å²) in [6.07, 6.45) is 3.58. The molecule has 0 unspecified atom stereocenters. The molecule has 5 aliphatic rings. The van der Waals surface area contributed by atoms with Crippen LogP contribution in [-0.2, 0) is 28.7 Å². The fourth-order valence-electron chi connectivity index (χ4n) is 7.40. The fraction of sp³-hybridized carbons (Fsp3) is 0.778. The predicted molar refractivity (Wildman–Crippen MR) is 144 cm³/mol. The summed E-state index contributed by atoms with van der Waals surface area (Å²) in [5.74, 6) is -2.26. The van der Waals surface area contributed by atoms with Crippen LogP contribution in [0.4, 0.5) is 4.79 Å².